The van der Waals surface area contributed by atoms with E-state index in [1.54, 1.807) is 27.7 Å². The van der Waals surface area contributed by atoms with Crippen LogP contribution in [0.3, 0.4) is 0 Å². The quantitative estimate of drug-likeness (QED) is 0.365. The van der Waals surface area contributed by atoms with E-state index in [1.807, 2.05) is 0 Å². The Labute approximate surface area is 169 Å². The molecule has 0 unspecified atom stereocenters. The number of rotatable bonds is 5. The molecule has 0 aromatic carbocycles. The van der Waals surface area contributed by atoms with Gasteiger partial charge in [-0.25, -0.2) is 9.59 Å². The van der Waals surface area contributed by atoms with E-state index in [4.69, 9.17) is 13.9 Å². The van der Waals surface area contributed by atoms with Gasteiger partial charge in [0.2, 0.25) is 5.83 Å². The second-order valence-corrected chi connectivity index (χ2v) is 14.4. The van der Waals surface area contributed by atoms with Gasteiger partial charge in [-0.05, 0) is 58.3 Å². The number of nitrogens with zero attached hydrogens (tertiary/aromatic N) is 1. The van der Waals surface area contributed by atoms with Crippen LogP contribution < -0.4 is 0 Å². The lowest BCUT2D eigenvalue weighted by molar-refractivity contribution is -0.140. The standard InChI is InChI=1S/C20H36FNO5Si/c1-10-25-17(23)16(21)12-14-11-15(27-28(8,9)20(5,6)7)13-22(14)18(24)26-19(2,3)4/h12,14-15H,10-11,13H2,1-9H3/t14-,15+/m0/s1. The Bertz CT molecular complexity index is 607. The summed E-state index contributed by atoms with van der Waals surface area (Å²) in [5, 5.41) is 0.00779. The zero-order valence-electron chi connectivity index (χ0n) is 18.7. The van der Waals surface area contributed by atoms with Crippen molar-refractivity contribution in [2.75, 3.05) is 13.2 Å². The largest absolute Gasteiger partial charge is 0.461 e. The number of likely N-dealkylation sites (tertiary alicyclic amines) is 1. The maximum absolute atomic E-state index is 14.2. The van der Waals surface area contributed by atoms with Crippen LogP contribution >= 0.6 is 0 Å². The molecule has 0 aliphatic carbocycles. The van der Waals surface area contributed by atoms with Gasteiger partial charge in [-0.1, -0.05) is 20.8 Å². The van der Waals surface area contributed by atoms with E-state index in [0.717, 1.165) is 6.08 Å². The highest BCUT2D eigenvalue weighted by Crippen LogP contribution is 2.39. The first-order valence-corrected chi connectivity index (χ1v) is 12.7. The second-order valence-electron chi connectivity index (χ2n) is 9.67. The monoisotopic (exact) mass is 417 g/mol. The summed E-state index contributed by atoms with van der Waals surface area (Å²) in [6.07, 6.45) is 0.742. The lowest BCUT2D eigenvalue weighted by atomic mass is 10.2. The fraction of sp³-hybridized carbons (Fsp3) is 0.800. The van der Waals surface area contributed by atoms with Gasteiger partial charge >= 0.3 is 12.1 Å². The van der Waals surface area contributed by atoms with Crippen molar-refractivity contribution in [2.24, 2.45) is 0 Å². The lowest BCUT2D eigenvalue weighted by Crippen LogP contribution is -2.45. The van der Waals surface area contributed by atoms with Crippen LogP contribution in [0.5, 0.6) is 0 Å². The first-order valence-electron chi connectivity index (χ1n) is 9.79. The predicted molar refractivity (Wildman–Crippen MR) is 109 cm³/mol. The lowest BCUT2D eigenvalue weighted by Gasteiger charge is -2.38. The van der Waals surface area contributed by atoms with Crippen LogP contribution in [-0.4, -0.2) is 56.2 Å². The molecule has 6 nitrogen and oxygen atoms in total. The second kappa shape index (κ2) is 8.94. The SMILES string of the molecule is CCOC(=O)C(F)=C[C@@H]1C[C@@H](O[Si](C)(C)C(C)(C)C)CN1C(=O)OC(C)(C)C. The zero-order chi connectivity index (χ0) is 21.9. The zero-order valence-corrected chi connectivity index (χ0v) is 19.7. The van der Waals surface area contributed by atoms with E-state index in [-0.39, 0.29) is 17.7 Å². The van der Waals surface area contributed by atoms with E-state index in [2.05, 4.69) is 33.9 Å². The van der Waals surface area contributed by atoms with Crippen molar-refractivity contribution in [1.82, 2.24) is 4.90 Å². The van der Waals surface area contributed by atoms with Crippen molar-refractivity contribution in [3.63, 3.8) is 0 Å². The molecule has 0 aromatic heterocycles. The Morgan fingerprint density at radius 2 is 1.75 bits per heavy atom. The Kier molecular flexibility index (Phi) is 7.87. The van der Waals surface area contributed by atoms with Gasteiger partial charge in [-0.3, -0.25) is 4.90 Å². The maximum atomic E-state index is 14.2. The molecule has 0 saturated carbocycles. The highest BCUT2D eigenvalue weighted by atomic mass is 28.4. The number of halogens is 1. The molecule has 2 atom stereocenters. The molecule has 0 aromatic rings. The highest BCUT2D eigenvalue weighted by molar-refractivity contribution is 6.74. The van der Waals surface area contributed by atoms with Crippen molar-refractivity contribution in [3.8, 4) is 0 Å². The summed E-state index contributed by atoms with van der Waals surface area (Å²) < 4.78 is 30.8. The molecule has 0 radical (unpaired) electrons. The molecular weight excluding hydrogens is 381 g/mol. The van der Waals surface area contributed by atoms with Gasteiger partial charge < -0.3 is 13.9 Å². The normalized spacial score (nSPS) is 21.6. The molecule has 1 saturated heterocycles. The van der Waals surface area contributed by atoms with Crippen LogP contribution in [0.1, 0.15) is 54.9 Å². The van der Waals surface area contributed by atoms with Crippen LogP contribution in [0.4, 0.5) is 9.18 Å². The molecule has 162 valence electrons. The third-order valence-electron chi connectivity index (χ3n) is 5.01. The molecular formula is C20H36FNO5Si. The number of carbonyl (C=O) groups excluding carboxylic acids is 2. The van der Waals surface area contributed by atoms with Crippen molar-refractivity contribution in [2.45, 2.75) is 90.8 Å². The summed E-state index contributed by atoms with van der Waals surface area (Å²) >= 11 is 0. The average molecular weight is 418 g/mol. The molecule has 0 N–H and O–H groups in total. The first kappa shape index (κ1) is 24.6. The molecule has 1 amide bonds. The Morgan fingerprint density at radius 1 is 1.18 bits per heavy atom. The van der Waals surface area contributed by atoms with Gasteiger partial charge in [0.05, 0.1) is 18.8 Å². The Balaban J connectivity index is 3.06. The fourth-order valence-electron chi connectivity index (χ4n) is 2.63. The molecule has 0 spiro atoms. The summed E-state index contributed by atoms with van der Waals surface area (Å²) in [5.41, 5.74) is -0.677. The summed E-state index contributed by atoms with van der Waals surface area (Å²) in [7, 11) is -2.07. The molecule has 0 bridgehead atoms. The van der Waals surface area contributed by atoms with Crippen molar-refractivity contribution in [3.05, 3.63) is 11.9 Å². The van der Waals surface area contributed by atoms with E-state index < -0.39 is 37.8 Å². The Morgan fingerprint density at radius 3 is 2.21 bits per heavy atom. The summed E-state index contributed by atoms with van der Waals surface area (Å²) in [5.74, 6) is -2.03. The number of carbonyl (C=O) groups is 2. The van der Waals surface area contributed by atoms with Gasteiger partial charge in [-0.2, -0.15) is 4.39 Å². The van der Waals surface area contributed by atoms with Crippen LogP contribution in [0.2, 0.25) is 18.1 Å². The topological polar surface area (TPSA) is 65.1 Å². The predicted octanol–water partition coefficient (Wildman–Crippen LogP) is 4.80. The van der Waals surface area contributed by atoms with Crippen molar-refractivity contribution >= 4 is 20.4 Å². The highest BCUT2D eigenvalue weighted by Gasteiger charge is 2.44. The van der Waals surface area contributed by atoms with Crippen molar-refractivity contribution in [1.29, 1.82) is 0 Å². The summed E-state index contributed by atoms with van der Waals surface area (Å²) in [4.78, 5) is 25.7. The third kappa shape index (κ3) is 6.88. The molecule has 1 heterocycles. The average Bonchev–Trinajstić information content (AvgIpc) is 2.86. The third-order valence-corrected chi connectivity index (χ3v) is 9.54. The van der Waals surface area contributed by atoms with E-state index in [9.17, 15) is 14.0 Å². The van der Waals surface area contributed by atoms with Crippen LogP contribution in [0.25, 0.3) is 0 Å². The minimum atomic E-state index is -2.07. The minimum absolute atomic E-state index is 0.00779. The van der Waals surface area contributed by atoms with E-state index in [0.29, 0.717) is 13.0 Å². The molecule has 1 fully saturated rings. The number of amides is 1. The van der Waals surface area contributed by atoms with Crippen LogP contribution in [0, 0.1) is 0 Å². The van der Waals surface area contributed by atoms with Gasteiger partial charge in [0.1, 0.15) is 5.60 Å². The van der Waals surface area contributed by atoms with Crippen LogP contribution in [-0.2, 0) is 18.7 Å². The smallest absolute Gasteiger partial charge is 0.410 e. The molecule has 28 heavy (non-hydrogen) atoms. The Hall–Kier alpha value is -1.41. The number of esters is 1. The molecule has 1 rings (SSSR count). The number of hydrogen-bond acceptors (Lipinski definition) is 5. The van der Waals surface area contributed by atoms with Crippen molar-refractivity contribution < 1.29 is 27.9 Å². The number of hydrogen-bond donors (Lipinski definition) is 0. The molecule has 1 aliphatic heterocycles. The van der Waals surface area contributed by atoms with E-state index >= 15 is 0 Å². The van der Waals surface area contributed by atoms with Gasteiger partial charge in [0, 0.05) is 6.54 Å². The van der Waals surface area contributed by atoms with Gasteiger partial charge in [0.15, 0.2) is 8.32 Å². The molecule has 1 aliphatic rings. The van der Waals surface area contributed by atoms with Gasteiger partial charge in [0.25, 0.3) is 0 Å². The summed E-state index contributed by atoms with van der Waals surface area (Å²) in [6.45, 7) is 18.0. The van der Waals surface area contributed by atoms with Crippen LogP contribution in [0.15, 0.2) is 11.9 Å². The first-order chi connectivity index (χ1) is 12.6. The fourth-order valence-corrected chi connectivity index (χ4v) is 3.99. The summed E-state index contributed by atoms with van der Waals surface area (Å²) in [6, 6.07) is -0.631. The molecule has 8 heteroatoms. The maximum Gasteiger partial charge on any atom is 0.410 e. The number of ether oxygens (including phenoxy) is 2. The van der Waals surface area contributed by atoms with Gasteiger partial charge in [-0.15, -0.1) is 0 Å². The minimum Gasteiger partial charge on any atom is -0.461 e. The van der Waals surface area contributed by atoms with E-state index in [1.165, 1.54) is 4.90 Å².